The van der Waals surface area contributed by atoms with Crippen molar-refractivity contribution in [3.63, 3.8) is 0 Å². The largest absolute Gasteiger partial charge is 0.496 e. The molecule has 3 heterocycles. The smallest absolute Gasteiger partial charge is 0.246 e. The summed E-state index contributed by atoms with van der Waals surface area (Å²) in [5, 5.41) is 9.87. The number of carbonyl (C=O) groups is 3. The molecule has 0 bridgehead atoms. The van der Waals surface area contributed by atoms with Crippen LogP contribution < -0.4 is 25.6 Å². The zero-order valence-corrected chi connectivity index (χ0v) is 29.9. The minimum atomic E-state index is -2.97. The van der Waals surface area contributed by atoms with E-state index in [0.29, 0.717) is 60.5 Å². The first-order chi connectivity index (χ1) is 23.2. The van der Waals surface area contributed by atoms with Gasteiger partial charge in [-0.05, 0) is 62.6 Å². The Kier molecular flexibility index (Phi) is 10.8. The second kappa shape index (κ2) is 14.7. The molecule has 5 rings (SSSR count). The van der Waals surface area contributed by atoms with Crippen LogP contribution in [0, 0.1) is 5.41 Å². The summed E-state index contributed by atoms with van der Waals surface area (Å²) in [4.78, 5) is 53.2. The fourth-order valence-electron chi connectivity index (χ4n) is 6.30. The molecule has 264 valence electrons. The third-order valence-electron chi connectivity index (χ3n) is 9.38. The van der Waals surface area contributed by atoms with Gasteiger partial charge in [-0.2, -0.15) is 0 Å². The van der Waals surface area contributed by atoms with Crippen LogP contribution in [0.4, 0.5) is 17.2 Å². The average Bonchev–Trinajstić information content (AvgIpc) is 3.57. The van der Waals surface area contributed by atoms with E-state index in [4.69, 9.17) is 4.74 Å². The molecule has 13 nitrogen and oxygen atoms in total. The quantitative estimate of drug-likeness (QED) is 0.271. The number of sulfone groups is 1. The van der Waals surface area contributed by atoms with Crippen molar-refractivity contribution < 1.29 is 27.5 Å². The number of fused-ring (bicyclic) bond motifs is 1. The van der Waals surface area contributed by atoms with Gasteiger partial charge in [0.2, 0.25) is 11.8 Å². The predicted octanol–water partition coefficient (Wildman–Crippen LogP) is 2.86. The molecule has 14 heteroatoms. The Hall–Kier alpha value is -4.30. The molecule has 2 aliphatic heterocycles. The van der Waals surface area contributed by atoms with E-state index in [2.05, 4.69) is 30.8 Å². The topological polar surface area (TPSA) is 163 Å². The van der Waals surface area contributed by atoms with Gasteiger partial charge in [-0.25, -0.2) is 18.4 Å². The standard InChI is InChI=1S/C35H47N7O6S/c1-22(36-5)33(44)40-31(35(2,3)4)34(45)42-13-7-8-28(42)29(43)19-23-18-26-27(20-30(23)48-6)37-21-38-32(26)39-24-9-11-25(12-10-24)41-14-16-49(46,47)17-15-41/h9-12,18,20-22,28,31,36H,7-8,13-17,19H2,1-6H3,(H,40,44)(H,37,38,39)/t22-,28-,31+/m0/s1. The van der Waals surface area contributed by atoms with E-state index in [0.717, 1.165) is 11.4 Å². The monoisotopic (exact) mass is 693 g/mol. The first kappa shape index (κ1) is 36.0. The minimum absolute atomic E-state index is 0.0332. The van der Waals surface area contributed by atoms with Gasteiger partial charge in [0.1, 0.15) is 23.9 Å². The van der Waals surface area contributed by atoms with Crippen LogP contribution >= 0.6 is 0 Å². The normalized spacial score (nSPS) is 18.9. The highest BCUT2D eigenvalue weighted by atomic mass is 32.2. The molecule has 1 aromatic heterocycles. The van der Waals surface area contributed by atoms with Crippen LogP contribution in [0.5, 0.6) is 5.75 Å². The Bertz CT molecular complexity index is 1800. The maximum Gasteiger partial charge on any atom is 0.246 e. The number of hydrogen-bond donors (Lipinski definition) is 3. The zero-order chi connectivity index (χ0) is 35.5. The molecule has 0 aliphatic carbocycles. The second-order valence-electron chi connectivity index (χ2n) is 13.9. The highest BCUT2D eigenvalue weighted by Gasteiger charge is 2.42. The molecule has 2 fully saturated rings. The fourth-order valence-corrected chi connectivity index (χ4v) is 7.50. The molecule has 2 aromatic carbocycles. The predicted molar refractivity (Wildman–Crippen MR) is 190 cm³/mol. The number of likely N-dealkylation sites (N-methyl/N-ethyl adjacent to an activating group) is 1. The molecule has 3 aromatic rings. The maximum absolute atomic E-state index is 13.9. The van der Waals surface area contributed by atoms with Gasteiger partial charge in [-0.3, -0.25) is 14.4 Å². The average molecular weight is 694 g/mol. The van der Waals surface area contributed by atoms with E-state index < -0.39 is 33.4 Å². The summed E-state index contributed by atoms with van der Waals surface area (Å²) in [6.45, 7) is 8.80. The van der Waals surface area contributed by atoms with Crippen molar-refractivity contribution in [2.45, 2.75) is 65.1 Å². The van der Waals surface area contributed by atoms with Crippen molar-refractivity contribution in [2.24, 2.45) is 5.41 Å². The lowest BCUT2D eigenvalue weighted by molar-refractivity contribution is -0.143. The van der Waals surface area contributed by atoms with Gasteiger partial charge in [0.25, 0.3) is 0 Å². The van der Waals surface area contributed by atoms with Gasteiger partial charge in [0.05, 0.1) is 36.2 Å². The van der Waals surface area contributed by atoms with E-state index >= 15 is 0 Å². The van der Waals surface area contributed by atoms with Crippen molar-refractivity contribution in [1.82, 2.24) is 25.5 Å². The summed E-state index contributed by atoms with van der Waals surface area (Å²) < 4.78 is 29.4. The molecule has 49 heavy (non-hydrogen) atoms. The second-order valence-corrected chi connectivity index (χ2v) is 16.2. The number of Topliss-reactive ketones (excluding diaryl/α,β-unsaturated/α-hetero) is 1. The molecule has 0 unspecified atom stereocenters. The van der Waals surface area contributed by atoms with Gasteiger partial charge >= 0.3 is 0 Å². The number of carbonyl (C=O) groups excluding carboxylic acids is 3. The lowest BCUT2D eigenvalue weighted by Gasteiger charge is -2.36. The lowest BCUT2D eigenvalue weighted by Crippen LogP contribution is -2.58. The lowest BCUT2D eigenvalue weighted by atomic mass is 9.85. The van der Waals surface area contributed by atoms with E-state index in [-0.39, 0.29) is 35.5 Å². The number of anilines is 3. The van der Waals surface area contributed by atoms with Gasteiger partial charge in [-0.15, -0.1) is 0 Å². The number of hydrogen-bond acceptors (Lipinski definition) is 11. The van der Waals surface area contributed by atoms with Crippen molar-refractivity contribution in [2.75, 3.05) is 55.5 Å². The number of aromatic nitrogens is 2. The molecular weight excluding hydrogens is 646 g/mol. The molecule has 2 saturated heterocycles. The van der Waals surface area contributed by atoms with Gasteiger partial charge < -0.3 is 30.5 Å². The van der Waals surface area contributed by atoms with Crippen LogP contribution in [0.15, 0.2) is 42.7 Å². The summed E-state index contributed by atoms with van der Waals surface area (Å²) in [6, 6.07) is 9.47. The Balaban J connectivity index is 1.35. The van der Waals surface area contributed by atoms with Crippen LogP contribution in [-0.4, -0.2) is 104 Å². The number of likely N-dealkylation sites (tertiary alicyclic amines) is 1. The molecule has 3 atom stereocenters. The van der Waals surface area contributed by atoms with Crippen LogP contribution in [0.25, 0.3) is 10.9 Å². The highest BCUT2D eigenvalue weighted by molar-refractivity contribution is 7.91. The molecule has 2 amide bonds. The maximum atomic E-state index is 13.9. The van der Waals surface area contributed by atoms with Crippen molar-refractivity contribution in [1.29, 1.82) is 0 Å². The fraction of sp³-hybridized carbons (Fsp3) is 0.514. The summed E-state index contributed by atoms with van der Waals surface area (Å²) >= 11 is 0. The number of nitrogens with zero attached hydrogens (tertiary/aromatic N) is 4. The summed E-state index contributed by atoms with van der Waals surface area (Å²) in [6.07, 6.45) is 2.72. The Morgan fingerprint density at radius 3 is 2.37 bits per heavy atom. The van der Waals surface area contributed by atoms with E-state index in [9.17, 15) is 22.8 Å². The zero-order valence-electron chi connectivity index (χ0n) is 29.1. The summed E-state index contributed by atoms with van der Waals surface area (Å²) in [5.74, 6) is 0.705. The Labute approximate surface area is 288 Å². The summed E-state index contributed by atoms with van der Waals surface area (Å²) in [5.41, 5.74) is 2.44. The number of benzene rings is 2. The van der Waals surface area contributed by atoms with Crippen LogP contribution in [0.1, 0.15) is 46.1 Å². The van der Waals surface area contributed by atoms with Crippen LogP contribution in [0.3, 0.4) is 0 Å². The third kappa shape index (κ3) is 8.30. The van der Waals surface area contributed by atoms with E-state index in [1.54, 1.807) is 32.0 Å². The van der Waals surface area contributed by atoms with E-state index in [1.807, 2.05) is 51.1 Å². The Morgan fingerprint density at radius 2 is 1.73 bits per heavy atom. The molecule has 0 radical (unpaired) electrons. The molecule has 2 aliphatic rings. The number of methoxy groups -OCH3 is 1. The van der Waals surface area contributed by atoms with Crippen molar-refractivity contribution in [3.05, 3.63) is 48.3 Å². The Morgan fingerprint density at radius 1 is 1.04 bits per heavy atom. The first-order valence-corrected chi connectivity index (χ1v) is 18.5. The highest BCUT2D eigenvalue weighted by Crippen LogP contribution is 2.33. The van der Waals surface area contributed by atoms with Crippen molar-refractivity contribution >= 4 is 55.5 Å². The van der Waals surface area contributed by atoms with E-state index in [1.165, 1.54) is 6.33 Å². The molecule has 3 N–H and O–H groups in total. The number of ketones is 1. The van der Waals surface area contributed by atoms with Crippen LogP contribution in [-0.2, 0) is 30.6 Å². The van der Waals surface area contributed by atoms with Crippen molar-refractivity contribution in [3.8, 4) is 5.75 Å². The van der Waals surface area contributed by atoms with Crippen LogP contribution in [0.2, 0.25) is 0 Å². The molecular formula is C35H47N7O6S. The first-order valence-electron chi connectivity index (χ1n) is 16.7. The SMILES string of the molecule is CN[C@@H](C)C(=O)N[C@H](C(=O)N1CCC[C@H]1C(=O)Cc1cc2c(Nc3ccc(N4CCS(=O)(=O)CC4)cc3)ncnc2cc1OC)C(C)(C)C. The number of rotatable bonds is 11. The number of nitrogens with one attached hydrogen (secondary N) is 3. The van der Waals surface area contributed by atoms with Gasteiger partial charge in [0, 0.05) is 54.4 Å². The minimum Gasteiger partial charge on any atom is -0.496 e. The van der Waals surface area contributed by atoms with Gasteiger partial charge in [0.15, 0.2) is 15.6 Å². The van der Waals surface area contributed by atoms with Gasteiger partial charge in [-0.1, -0.05) is 20.8 Å². The summed E-state index contributed by atoms with van der Waals surface area (Å²) in [7, 11) is 0.262. The molecule has 0 saturated carbocycles. The molecule has 0 spiro atoms. The number of ether oxygens (including phenoxy) is 1. The number of amides is 2. The third-order valence-corrected chi connectivity index (χ3v) is 11.0.